The minimum absolute atomic E-state index is 0.00568. The van der Waals surface area contributed by atoms with Crippen LogP contribution in [0.3, 0.4) is 0 Å². The third-order valence-corrected chi connectivity index (χ3v) is 5.32. The summed E-state index contributed by atoms with van der Waals surface area (Å²) in [6.07, 6.45) is -4.57. The van der Waals surface area contributed by atoms with Crippen LogP contribution < -0.4 is 0 Å². The van der Waals surface area contributed by atoms with Gasteiger partial charge in [-0.3, -0.25) is 4.79 Å². The van der Waals surface area contributed by atoms with Crippen molar-refractivity contribution in [1.82, 2.24) is 9.21 Å². The van der Waals surface area contributed by atoms with Crippen LogP contribution >= 0.6 is 0 Å². The first-order valence-corrected chi connectivity index (χ1v) is 10.2. The maximum Gasteiger partial charge on any atom is 0.416 e. The van der Waals surface area contributed by atoms with Crippen molar-refractivity contribution in [2.45, 2.75) is 38.3 Å². The van der Waals surface area contributed by atoms with Gasteiger partial charge in [0.1, 0.15) is 12.1 Å². The third-order valence-electron chi connectivity index (χ3n) is 3.52. The van der Waals surface area contributed by atoms with E-state index in [4.69, 9.17) is 4.74 Å². The summed E-state index contributed by atoms with van der Waals surface area (Å²) in [6.45, 7) is 4.81. The summed E-state index contributed by atoms with van der Waals surface area (Å²) in [4.78, 5) is 13.8. The highest BCUT2D eigenvalue weighted by Crippen LogP contribution is 2.30. The Morgan fingerprint density at radius 2 is 1.71 bits per heavy atom. The van der Waals surface area contributed by atoms with Crippen LogP contribution in [0.5, 0.6) is 0 Å². The molecule has 0 amide bonds. The van der Waals surface area contributed by atoms with Gasteiger partial charge < -0.3 is 9.64 Å². The van der Waals surface area contributed by atoms with Crippen molar-refractivity contribution in [2.24, 2.45) is 0 Å². The summed E-state index contributed by atoms with van der Waals surface area (Å²) < 4.78 is 70.3. The monoisotopic (exact) mass is 424 g/mol. The smallest absolute Gasteiger partial charge is 0.416 e. The molecule has 160 valence electrons. The van der Waals surface area contributed by atoms with Gasteiger partial charge in [0.05, 0.1) is 11.3 Å². The predicted octanol–water partition coefficient (Wildman–Crippen LogP) is 2.74. The molecule has 0 aliphatic rings. The number of hydrogen-bond donors (Lipinski definition) is 0. The molecule has 10 heteroatoms. The van der Waals surface area contributed by atoms with E-state index in [0.717, 1.165) is 22.5 Å². The molecule has 1 aromatic carbocycles. The zero-order chi connectivity index (χ0) is 21.8. The van der Waals surface area contributed by atoms with E-state index in [1.54, 1.807) is 39.8 Å². The quantitative estimate of drug-likeness (QED) is 0.601. The minimum atomic E-state index is -4.57. The van der Waals surface area contributed by atoms with E-state index in [9.17, 15) is 26.4 Å². The Balaban J connectivity index is 3.05. The van der Waals surface area contributed by atoms with E-state index in [1.165, 1.54) is 6.07 Å². The number of likely N-dealkylation sites (N-methyl/N-ethyl adjacent to an activating group) is 1. The molecule has 0 bridgehead atoms. The van der Waals surface area contributed by atoms with Crippen molar-refractivity contribution in [3.05, 3.63) is 35.4 Å². The number of benzene rings is 1. The lowest BCUT2D eigenvalue weighted by molar-refractivity contribution is -0.155. The van der Waals surface area contributed by atoms with E-state index in [-0.39, 0.29) is 12.1 Å². The third kappa shape index (κ3) is 8.57. The second kappa shape index (κ2) is 9.23. The van der Waals surface area contributed by atoms with E-state index in [2.05, 4.69) is 0 Å². The summed E-state index contributed by atoms with van der Waals surface area (Å²) in [5.74, 6) is -1.37. The maximum atomic E-state index is 12.9. The summed E-state index contributed by atoms with van der Waals surface area (Å²) in [6, 6.07) is 4.14. The average Bonchev–Trinajstić information content (AvgIpc) is 2.48. The minimum Gasteiger partial charge on any atom is -0.459 e. The fourth-order valence-corrected chi connectivity index (χ4v) is 3.73. The molecule has 6 nitrogen and oxygen atoms in total. The highest BCUT2D eigenvalue weighted by molar-refractivity contribution is 7.88. The Morgan fingerprint density at radius 3 is 2.21 bits per heavy atom. The molecule has 28 heavy (non-hydrogen) atoms. The Labute approximate surface area is 164 Å². The Bertz CT molecular complexity index is 772. The van der Waals surface area contributed by atoms with Gasteiger partial charge in [-0.15, -0.1) is 0 Å². The lowest BCUT2D eigenvalue weighted by Gasteiger charge is -2.26. The van der Waals surface area contributed by atoms with Gasteiger partial charge in [0.2, 0.25) is 10.0 Å². The number of nitrogens with zero attached hydrogens (tertiary/aromatic N) is 2. The van der Waals surface area contributed by atoms with Gasteiger partial charge in [0, 0.05) is 13.1 Å². The highest BCUT2D eigenvalue weighted by atomic mass is 32.2. The normalized spacial score (nSPS) is 13.2. The second-order valence-electron chi connectivity index (χ2n) is 7.68. The summed E-state index contributed by atoms with van der Waals surface area (Å²) >= 11 is 0. The number of hydrogen-bond acceptors (Lipinski definition) is 5. The Kier molecular flexibility index (Phi) is 8.04. The summed E-state index contributed by atoms with van der Waals surface area (Å²) in [7, 11) is -0.563. The van der Waals surface area contributed by atoms with Gasteiger partial charge in [0.15, 0.2) is 0 Å². The number of sulfonamides is 1. The standard InChI is InChI=1S/C18H27F3N2O4S/c1-17(2,3)27-16(24)12-23(10-9-22(4)5)28(25,26)13-14-7-6-8-15(11-14)18(19,20)21/h6-8,11H,9-10,12-13H2,1-5H3. The van der Waals surface area contributed by atoms with E-state index >= 15 is 0 Å². The average molecular weight is 424 g/mol. The first-order chi connectivity index (χ1) is 12.6. The van der Waals surface area contributed by atoms with E-state index in [0.29, 0.717) is 6.54 Å². The molecule has 0 saturated heterocycles. The van der Waals surface area contributed by atoms with Crippen molar-refractivity contribution in [1.29, 1.82) is 0 Å². The van der Waals surface area contributed by atoms with Crippen LogP contribution in [0.4, 0.5) is 13.2 Å². The SMILES string of the molecule is CN(C)CCN(CC(=O)OC(C)(C)C)S(=O)(=O)Cc1cccc(C(F)(F)F)c1. The lowest BCUT2D eigenvalue weighted by Crippen LogP contribution is -2.42. The fraction of sp³-hybridized carbons (Fsp3) is 0.611. The highest BCUT2D eigenvalue weighted by Gasteiger charge is 2.32. The van der Waals surface area contributed by atoms with Crippen molar-refractivity contribution in [2.75, 3.05) is 33.7 Å². The van der Waals surface area contributed by atoms with Gasteiger partial charge in [-0.05, 0) is 46.5 Å². The summed E-state index contributed by atoms with van der Waals surface area (Å²) in [5, 5.41) is 0. The van der Waals surface area contributed by atoms with Crippen LogP contribution in [0.1, 0.15) is 31.9 Å². The second-order valence-corrected chi connectivity index (χ2v) is 9.65. The van der Waals surface area contributed by atoms with Gasteiger partial charge in [-0.1, -0.05) is 18.2 Å². The topological polar surface area (TPSA) is 66.9 Å². The van der Waals surface area contributed by atoms with Crippen molar-refractivity contribution >= 4 is 16.0 Å². The molecule has 0 heterocycles. The van der Waals surface area contributed by atoms with Crippen LogP contribution in [0, 0.1) is 0 Å². The molecule has 1 rings (SSSR count). The van der Waals surface area contributed by atoms with E-state index < -0.39 is 45.6 Å². The van der Waals surface area contributed by atoms with Crippen LogP contribution in [-0.2, 0) is 31.5 Å². The number of ether oxygens (including phenoxy) is 1. The molecule has 0 radical (unpaired) electrons. The van der Waals surface area contributed by atoms with Gasteiger partial charge >= 0.3 is 12.1 Å². The first-order valence-electron chi connectivity index (χ1n) is 8.61. The molecule has 0 spiro atoms. The van der Waals surface area contributed by atoms with Gasteiger partial charge in [0.25, 0.3) is 0 Å². The van der Waals surface area contributed by atoms with Crippen molar-refractivity contribution < 1.29 is 31.1 Å². The van der Waals surface area contributed by atoms with Crippen LogP contribution in [0.2, 0.25) is 0 Å². The fourth-order valence-electron chi connectivity index (χ4n) is 2.29. The van der Waals surface area contributed by atoms with Gasteiger partial charge in [-0.25, -0.2) is 8.42 Å². The van der Waals surface area contributed by atoms with Crippen molar-refractivity contribution in [3.8, 4) is 0 Å². The van der Waals surface area contributed by atoms with Crippen LogP contribution in [-0.4, -0.2) is 62.9 Å². The molecule has 0 aromatic heterocycles. The molecule has 0 unspecified atom stereocenters. The maximum absolute atomic E-state index is 12.9. The Morgan fingerprint density at radius 1 is 1.11 bits per heavy atom. The summed E-state index contributed by atoms with van der Waals surface area (Å²) in [5.41, 5.74) is -1.71. The lowest BCUT2D eigenvalue weighted by atomic mass is 10.1. The molecular weight excluding hydrogens is 397 g/mol. The zero-order valence-corrected chi connectivity index (χ0v) is 17.5. The molecule has 0 atom stereocenters. The molecule has 0 N–H and O–H groups in total. The molecular formula is C18H27F3N2O4S. The van der Waals surface area contributed by atoms with Crippen LogP contribution in [0.25, 0.3) is 0 Å². The molecule has 1 aromatic rings. The molecule has 0 aliphatic heterocycles. The van der Waals surface area contributed by atoms with Gasteiger partial charge in [-0.2, -0.15) is 17.5 Å². The number of halogens is 3. The number of rotatable bonds is 8. The zero-order valence-electron chi connectivity index (χ0n) is 16.7. The van der Waals surface area contributed by atoms with E-state index in [1.807, 2.05) is 0 Å². The first kappa shape index (κ1) is 24.4. The van der Waals surface area contributed by atoms with Crippen molar-refractivity contribution in [3.63, 3.8) is 0 Å². The molecule has 0 fully saturated rings. The predicted molar refractivity (Wildman–Crippen MR) is 100 cm³/mol. The molecule has 0 aliphatic carbocycles. The molecule has 0 saturated carbocycles. The number of esters is 1. The Hall–Kier alpha value is -1.65. The number of alkyl halides is 3. The number of carbonyl (C=O) groups is 1. The number of carbonyl (C=O) groups excluding carboxylic acids is 1. The largest absolute Gasteiger partial charge is 0.459 e. The van der Waals surface area contributed by atoms with Crippen LogP contribution in [0.15, 0.2) is 24.3 Å².